The molecule has 22 heavy (non-hydrogen) atoms. The average Bonchev–Trinajstić information content (AvgIpc) is 2.45. The minimum Gasteiger partial charge on any atom is -0.370 e. The molecule has 0 unspecified atom stereocenters. The third kappa shape index (κ3) is 4.23. The van der Waals surface area contributed by atoms with E-state index in [0.29, 0.717) is 13.1 Å². The van der Waals surface area contributed by atoms with Crippen molar-refractivity contribution in [2.45, 2.75) is 47.0 Å². The van der Waals surface area contributed by atoms with Crippen LogP contribution in [0.15, 0.2) is 18.2 Å². The van der Waals surface area contributed by atoms with E-state index in [1.54, 1.807) is 4.90 Å². The van der Waals surface area contributed by atoms with Gasteiger partial charge in [-0.1, -0.05) is 38.0 Å². The number of para-hydroxylation sites is 1. The number of rotatable bonds is 6. The number of benzene rings is 1. The van der Waals surface area contributed by atoms with Crippen molar-refractivity contribution in [3.8, 4) is 0 Å². The molecule has 0 saturated heterocycles. The summed E-state index contributed by atoms with van der Waals surface area (Å²) in [6, 6.07) is 5.79. The van der Waals surface area contributed by atoms with E-state index in [2.05, 4.69) is 6.92 Å². The molecule has 2 amide bonds. The number of guanidine groups is 1. The van der Waals surface area contributed by atoms with Crippen LogP contribution in [0.3, 0.4) is 0 Å². The highest BCUT2D eigenvalue weighted by molar-refractivity contribution is 6.03. The third-order valence-electron chi connectivity index (χ3n) is 3.76. The Labute approximate surface area is 133 Å². The van der Waals surface area contributed by atoms with Gasteiger partial charge in [0.1, 0.15) is 0 Å². The van der Waals surface area contributed by atoms with Crippen LogP contribution in [0.1, 0.15) is 44.2 Å². The van der Waals surface area contributed by atoms with Crippen molar-refractivity contribution in [3.63, 3.8) is 0 Å². The third-order valence-corrected chi connectivity index (χ3v) is 3.76. The van der Waals surface area contributed by atoms with E-state index >= 15 is 0 Å². The number of nitrogens with one attached hydrogen (secondary N) is 1. The van der Waals surface area contributed by atoms with E-state index in [4.69, 9.17) is 11.1 Å². The summed E-state index contributed by atoms with van der Waals surface area (Å²) in [6.45, 7) is 9.01. The smallest absolute Gasteiger partial charge is 0.331 e. The van der Waals surface area contributed by atoms with Crippen molar-refractivity contribution < 1.29 is 4.79 Å². The number of hydrogen-bond donors (Lipinski definition) is 2. The molecular weight excluding hydrogens is 276 g/mol. The fourth-order valence-corrected chi connectivity index (χ4v) is 2.61. The van der Waals surface area contributed by atoms with Gasteiger partial charge in [-0.25, -0.2) is 4.79 Å². The van der Waals surface area contributed by atoms with Crippen molar-refractivity contribution in [1.29, 1.82) is 5.41 Å². The first-order chi connectivity index (χ1) is 10.4. The van der Waals surface area contributed by atoms with Crippen LogP contribution in [-0.2, 0) is 0 Å². The molecule has 0 bridgehead atoms. The number of anilines is 1. The molecule has 122 valence electrons. The molecule has 0 atom stereocenters. The monoisotopic (exact) mass is 304 g/mol. The Kier molecular flexibility index (Phi) is 6.89. The fourth-order valence-electron chi connectivity index (χ4n) is 2.61. The number of nitrogens with zero attached hydrogens (tertiary/aromatic N) is 2. The van der Waals surface area contributed by atoms with Crippen LogP contribution in [0, 0.1) is 19.3 Å². The second-order valence-electron chi connectivity index (χ2n) is 5.51. The van der Waals surface area contributed by atoms with E-state index in [9.17, 15) is 4.79 Å². The number of amides is 2. The highest BCUT2D eigenvalue weighted by Crippen LogP contribution is 2.26. The zero-order valence-electron chi connectivity index (χ0n) is 14.1. The Hall–Kier alpha value is -2.04. The average molecular weight is 304 g/mol. The molecule has 0 heterocycles. The summed E-state index contributed by atoms with van der Waals surface area (Å²) >= 11 is 0. The number of nitrogens with two attached hydrogens (primary N) is 1. The van der Waals surface area contributed by atoms with Gasteiger partial charge in [-0.15, -0.1) is 0 Å². The molecule has 0 radical (unpaired) electrons. The second-order valence-corrected chi connectivity index (χ2v) is 5.51. The first-order valence-electron chi connectivity index (χ1n) is 7.93. The Morgan fingerprint density at radius 1 is 1.18 bits per heavy atom. The second kappa shape index (κ2) is 8.41. The molecule has 5 nitrogen and oxygen atoms in total. The van der Waals surface area contributed by atoms with E-state index in [0.717, 1.165) is 36.1 Å². The minimum atomic E-state index is -0.219. The maximum Gasteiger partial charge on any atom is 0.331 e. The normalized spacial score (nSPS) is 10.4. The van der Waals surface area contributed by atoms with Gasteiger partial charge in [-0.3, -0.25) is 15.2 Å². The number of unbranched alkanes of at least 4 members (excludes halogenated alkanes) is 2. The van der Waals surface area contributed by atoms with Crippen molar-refractivity contribution in [2.75, 3.05) is 18.0 Å². The first kappa shape index (κ1) is 18.0. The SMILES string of the molecule is CCCCCN(C(=O)N(CC)C(=N)N)c1c(C)cccc1C. The van der Waals surface area contributed by atoms with Crippen LogP contribution in [0.5, 0.6) is 0 Å². The van der Waals surface area contributed by atoms with Crippen molar-refractivity contribution in [2.24, 2.45) is 5.73 Å². The molecule has 1 aromatic rings. The lowest BCUT2D eigenvalue weighted by Gasteiger charge is -2.31. The molecule has 5 heteroatoms. The van der Waals surface area contributed by atoms with E-state index in [1.807, 2.05) is 39.0 Å². The summed E-state index contributed by atoms with van der Waals surface area (Å²) in [6.07, 6.45) is 3.10. The summed E-state index contributed by atoms with van der Waals surface area (Å²) in [7, 11) is 0. The van der Waals surface area contributed by atoms with E-state index in [-0.39, 0.29) is 12.0 Å². The molecule has 0 aromatic heterocycles. The van der Waals surface area contributed by atoms with Crippen LogP contribution in [-0.4, -0.2) is 30.0 Å². The van der Waals surface area contributed by atoms with Gasteiger partial charge in [-0.05, 0) is 38.3 Å². The number of aryl methyl sites for hydroxylation is 2. The molecule has 1 rings (SSSR count). The lowest BCUT2D eigenvalue weighted by Crippen LogP contribution is -2.49. The molecule has 1 aromatic carbocycles. The van der Waals surface area contributed by atoms with Gasteiger partial charge in [-0.2, -0.15) is 0 Å². The Balaban J connectivity index is 3.17. The summed E-state index contributed by atoms with van der Waals surface area (Å²) < 4.78 is 0. The van der Waals surface area contributed by atoms with Gasteiger partial charge < -0.3 is 5.73 Å². The van der Waals surface area contributed by atoms with Gasteiger partial charge >= 0.3 is 6.03 Å². The van der Waals surface area contributed by atoms with E-state index in [1.165, 1.54) is 4.90 Å². The lowest BCUT2D eigenvalue weighted by molar-refractivity contribution is 0.227. The Bertz CT molecular complexity index is 507. The number of carbonyl (C=O) groups excluding carboxylic acids is 1. The molecule has 0 saturated carbocycles. The number of urea groups is 1. The predicted molar refractivity (Wildman–Crippen MR) is 92.5 cm³/mol. The highest BCUT2D eigenvalue weighted by atomic mass is 16.2. The quantitative estimate of drug-likeness (QED) is 0.478. The first-order valence-corrected chi connectivity index (χ1v) is 7.93. The Morgan fingerprint density at radius 3 is 2.23 bits per heavy atom. The molecular formula is C17H28N4O. The van der Waals surface area contributed by atoms with Crippen LogP contribution >= 0.6 is 0 Å². The van der Waals surface area contributed by atoms with E-state index < -0.39 is 0 Å². The molecule has 0 aliphatic rings. The van der Waals surface area contributed by atoms with Gasteiger partial charge in [0.2, 0.25) is 0 Å². The Morgan fingerprint density at radius 2 is 1.77 bits per heavy atom. The molecule has 0 aliphatic carbocycles. The van der Waals surface area contributed by atoms with Gasteiger partial charge in [0.25, 0.3) is 0 Å². The van der Waals surface area contributed by atoms with Gasteiger partial charge in [0, 0.05) is 13.1 Å². The maximum absolute atomic E-state index is 12.8. The number of hydrogen-bond acceptors (Lipinski definition) is 2. The highest BCUT2D eigenvalue weighted by Gasteiger charge is 2.25. The minimum absolute atomic E-state index is 0.209. The molecule has 0 fully saturated rings. The standard InChI is InChI=1S/C17H28N4O/c1-5-7-8-12-21(17(22)20(6-2)16(18)19)15-13(3)10-9-11-14(15)4/h9-11H,5-8,12H2,1-4H3,(H3,18,19). The predicted octanol–water partition coefficient (Wildman–Crippen LogP) is 3.64. The van der Waals surface area contributed by atoms with Crippen molar-refractivity contribution in [3.05, 3.63) is 29.3 Å². The summed E-state index contributed by atoms with van der Waals surface area (Å²) in [4.78, 5) is 15.9. The molecule has 0 aliphatic heterocycles. The lowest BCUT2D eigenvalue weighted by atomic mass is 10.1. The van der Waals surface area contributed by atoms with Crippen molar-refractivity contribution >= 4 is 17.7 Å². The van der Waals surface area contributed by atoms with Crippen LogP contribution in [0.2, 0.25) is 0 Å². The van der Waals surface area contributed by atoms with Crippen LogP contribution in [0.4, 0.5) is 10.5 Å². The van der Waals surface area contributed by atoms with Crippen LogP contribution < -0.4 is 10.6 Å². The van der Waals surface area contributed by atoms with Gasteiger partial charge in [0.15, 0.2) is 5.96 Å². The topological polar surface area (TPSA) is 73.4 Å². The summed E-state index contributed by atoms with van der Waals surface area (Å²) in [5.41, 5.74) is 8.61. The van der Waals surface area contributed by atoms with Crippen molar-refractivity contribution in [1.82, 2.24) is 4.90 Å². The van der Waals surface area contributed by atoms with Crippen LogP contribution in [0.25, 0.3) is 0 Å². The summed E-state index contributed by atoms with van der Waals surface area (Å²) in [5, 5.41) is 7.61. The maximum atomic E-state index is 12.8. The fraction of sp³-hybridized carbons (Fsp3) is 0.529. The number of carbonyl (C=O) groups is 1. The zero-order valence-corrected chi connectivity index (χ0v) is 14.1. The van der Waals surface area contributed by atoms with Gasteiger partial charge in [0.05, 0.1) is 5.69 Å². The molecule has 0 spiro atoms. The largest absolute Gasteiger partial charge is 0.370 e. The molecule has 3 N–H and O–H groups in total. The summed E-state index contributed by atoms with van der Waals surface area (Å²) in [5.74, 6) is -0.209. The zero-order chi connectivity index (χ0) is 16.7.